The largest absolute Gasteiger partial charge is 0.357 e. The molecule has 2 aromatic rings. The number of aliphatic imine (C=N–C) groups is 1. The van der Waals surface area contributed by atoms with Gasteiger partial charge in [0.2, 0.25) is 0 Å². The summed E-state index contributed by atoms with van der Waals surface area (Å²) in [6.07, 6.45) is 8.86. The topological polar surface area (TPSA) is 63.3 Å². The van der Waals surface area contributed by atoms with Crippen molar-refractivity contribution in [2.24, 2.45) is 12.0 Å². The lowest BCUT2D eigenvalue weighted by Crippen LogP contribution is -2.38. The van der Waals surface area contributed by atoms with Gasteiger partial charge in [-0.2, -0.15) is 0 Å². The Morgan fingerprint density at radius 2 is 2.14 bits per heavy atom. The molecule has 0 saturated carbocycles. The second-order valence-electron chi connectivity index (χ2n) is 7.30. The fraction of sp³-hybridized carbons (Fsp3) is 0.650. The average Bonchev–Trinajstić information content (AvgIpc) is 3.15. The predicted octanol–water partition coefficient (Wildman–Crippen LogP) is 2.99. The fourth-order valence-corrected chi connectivity index (χ4v) is 3.60. The zero-order valence-electron chi connectivity index (χ0n) is 17.4. The van der Waals surface area contributed by atoms with E-state index in [4.69, 9.17) is 4.99 Å². The summed E-state index contributed by atoms with van der Waals surface area (Å²) in [4.78, 5) is 7.00. The first-order chi connectivity index (χ1) is 13.2. The van der Waals surface area contributed by atoms with Crippen molar-refractivity contribution in [2.75, 3.05) is 20.1 Å². The molecule has 0 radical (unpaired) electrons. The summed E-state index contributed by atoms with van der Waals surface area (Å²) in [7, 11) is 4.17. The molecular formula is C20H34IN7. The van der Waals surface area contributed by atoms with Crippen LogP contribution < -0.4 is 5.32 Å². The molecule has 0 aliphatic carbocycles. The summed E-state index contributed by atoms with van der Waals surface area (Å²) >= 11 is 0. The third-order valence-electron chi connectivity index (χ3n) is 5.15. The molecule has 7 nitrogen and oxygen atoms in total. The Labute approximate surface area is 185 Å². The van der Waals surface area contributed by atoms with E-state index < -0.39 is 0 Å². The molecule has 1 aliphatic rings. The summed E-state index contributed by atoms with van der Waals surface area (Å²) in [5.74, 6) is 3.25. The highest BCUT2D eigenvalue weighted by Gasteiger charge is 2.14. The Kier molecular flexibility index (Phi) is 9.27. The Hall–Kier alpha value is -1.58. The number of nitrogens with one attached hydrogen (secondary N) is 1. The van der Waals surface area contributed by atoms with Crippen LogP contribution in [0.1, 0.15) is 49.9 Å². The molecule has 156 valence electrons. The van der Waals surface area contributed by atoms with Gasteiger partial charge >= 0.3 is 0 Å². The zero-order valence-corrected chi connectivity index (χ0v) is 19.7. The van der Waals surface area contributed by atoms with E-state index in [9.17, 15) is 0 Å². The Bertz CT molecular complexity index is 750. The normalized spacial score (nSPS) is 14.2. The molecule has 0 fully saturated rings. The van der Waals surface area contributed by atoms with E-state index in [2.05, 4.69) is 68.9 Å². The molecule has 1 aliphatic heterocycles. The van der Waals surface area contributed by atoms with Gasteiger partial charge in [-0.15, -0.1) is 34.2 Å². The molecule has 3 rings (SSSR count). The summed E-state index contributed by atoms with van der Waals surface area (Å²) < 4.78 is 4.49. The molecule has 1 N–H and O–H groups in total. The minimum Gasteiger partial charge on any atom is -0.357 e. The van der Waals surface area contributed by atoms with Gasteiger partial charge in [-0.3, -0.25) is 4.99 Å². The van der Waals surface area contributed by atoms with Crippen LogP contribution in [-0.2, 0) is 33.0 Å². The summed E-state index contributed by atoms with van der Waals surface area (Å²) in [5.41, 5.74) is 1.27. The maximum Gasteiger partial charge on any atom is 0.194 e. The third-order valence-corrected chi connectivity index (χ3v) is 5.15. The van der Waals surface area contributed by atoms with Crippen molar-refractivity contribution in [3.05, 3.63) is 35.7 Å². The van der Waals surface area contributed by atoms with Gasteiger partial charge in [0, 0.05) is 58.5 Å². The predicted molar refractivity (Wildman–Crippen MR) is 124 cm³/mol. The monoisotopic (exact) mass is 499 g/mol. The van der Waals surface area contributed by atoms with E-state index in [1.807, 2.05) is 0 Å². The lowest BCUT2D eigenvalue weighted by molar-refractivity contribution is 0.461. The van der Waals surface area contributed by atoms with Gasteiger partial charge in [0.1, 0.15) is 11.6 Å². The maximum atomic E-state index is 4.82. The zero-order chi connectivity index (χ0) is 19.1. The highest BCUT2D eigenvalue weighted by molar-refractivity contribution is 14.0. The molecule has 8 heteroatoms. The van der Waals surface area contributed by atoms with Gasteiger partial charge < -0.3 is 19.4 Å². The number of hydrogen-bond donors (Lipinski definition) is 1. The Balaban J connectivity index is 0.00000280. The molecule has 0 bridgehead atoms. The van der Waals surface area contributed by atoms with E-state index in [1.165, 1.54) is 30.8 Å². The van der Waals surface area contributed by atoms with Crippen LogP contribution in [0.15, 0.2) is 23.3 Å². The van der Waals surface area contributed by atoms with Crippen LogP contribution in [0.4, 0.5) is 0 Å². The molecule has 0 atom stereocenters. The van der Waals surface area contributed by atoms with E-state index in [0.717, 1.165) is 57.2 Å². The number of fused-ring (bicyclic) bond motifs is 1. The lowest BCUT2D eigenvalue weighted by Gasteiger charge is -2.22. The second-order valence-corrected chi connectivity index (χ2v) is 7.30. The van der Waals surface area contributed by atoms with Crippen molar-refractivity contribution >= 4 is 29.9 Å². The van der Waals surface area contributed by atoms with Gasteiger partial charge in [-0.25, -0.2) is 0 Å². The quantitative estimate of drug-likeness (QED) is 0.276. The van der Waals surface area contributed by atoms with Gasteiger partial charge in [0.05, 0.1) is 6.54 Å². The highest BCUT2D eigenvalue weighted by atomic mass is 127. The van der Waals surface area contributed by atoms with Gasteiger partial charge in [-0.1, -0.05) is 6.42 Å². The van der Waals surface area contributed by atoms with Crippen LogP contribution in [-0.4, -0.2) is 50.3 Å². The van der Waals surface area contributed by atoms with E-state index in [1.54, 1.807) is 0 Å². The van der Waals surface area contributed by atoms with Crippen LogP contribution in [0.2, 0.25) is 0 Å². The molecule has 0 spiro atoms. The number of nitrogens with zero attached hydrogens (tertiary/aromatic N) is 6. The molecule has 28 heavy (non-hydrogen) atoms. The van der Waals surface area contributed by atoms with Crippen molar-refractivity contribution < 1.29 is 0 Å². The van der Waals surface area contributed by atoms with Crippen LogP contribution >= 0.6 is 24.0 Å². The highest BCUT2D eigenvalue weighted by Crippen LogP contribution is 2.15. The van der Waals surface area contributed by atoms with Gasteiger partial charge in [0.25, 0.3) is 0 Å². The molecule has 0 amide bonds. The smallest absolute Gasteiger partial charge is 0.194 e. The van der Waals surface area contributed by atoms with Crippen LogP contribution in [0.25, 0.3) is 0 Å². The molecule has 0 saturated heterocycles. The second kappa shape index (κ2) is 11.4. The first kappa shape index (κ1) is 22.7. The van der Waals surface area contributed by atoms with Crippen molar-refractivity contribution in [1.29, 1.82) is 0 Å². The van der Waals surface area contributed by atoms with Gasteiger partial charge in [0.15, 0.2) is 5.96 Å². The fourth-order valence-electron chi connectivity index (χ4n) is 3.60. The summed E-state index contributed by atoms with van der Waals surface area (Å²) in [5, 5.41) is 12.2. The van der Waals surface area contributed by atoms with E-state index >= 15 is 0 Å². The minimum atomic E-state index is 0. The Morgan fingerprint density at radius 3 is 2.89 bits per heavy atom. The molecule has 0 aromatic carbocycles. The van der Waals surface area contributed by atoms with Crippen molar-refractivity contribution in [1.82, 2.24) is 29.5 Å². The van der Waals surface area contributed by atoms with Crippen LogP contribution in [0.5, 0.6) is 0 Å². The SMILES string of the molecule is CCNC(=NCCCc1nnc2n1CCCCC2)N(C)Cc1cccn1C.I. The van der Waals surface area contributed by atoms with Gasteiger partial charge in [-0.05, 0) is 38.3 Å². The number of hydrogen-bond acceptors (Lipinski definition) is 3. The summed E-state index contributed by atoms with van der Waals surface area (Å²) in [6.45, 7) is 5.68. The van der Waals surface area contributed by atoms with Crippen molar-refractivity contribution in [2.45, 2.75) is 58.5 Å². The van der Waals surface area contributed by atoms with Crippen molar-refractivity contribution in [3.63, 3.8) is 0 Å². The number of halogens is 1. The Morgan fingerprint density at radius 1 is 1.29 bits per heavy atom. The molecule has 0 unspecified atom stereocenters. The third kappa shape index (κ3) is 5.96. The molecule has 2 aromatic heterocycles. The average molecular weight is 499 g/mol. The summed E-state index contributed by atoms with van der Waals surface area (Å²) in [6, 6.07) is 4.23. The maximum absolute atomic E-state index is 4.82. The minimum absolute atomic E-state index is 0. The van der Waals surface area contributed by atoms with Crippen LogP contribution in [0, 0.1) is 0 Å². The number of rotatable bonds is 7. The standard InChI is InChI=1S/C20H33N7.HI/c1-4-21-20(26(3)16-17-10-9-14-25(17)2)22-13-8-12-19-24-23-18-11-6-5-7-15-27(18)19;/h9-10,14H,4-8,11-13,15-16H2,1-3H3,(H,21,22);1H. The first-order valence-corrected chi connectivity index (χ1v) is 10.2. The lowest BCUT2D eigenvalue weighted by atomic mass is 10.2. The first-order valence-electron chi connectivity index (χ1n) is 10.2. The van der Waals surface area contributed by atoms with Crippen molar-refractivity contribution in [3.8, 4) is 0 Å². The molecular weight excluding hydrogens is 465 g/mol. The number of guanidine groups is 1. The van der Waals surface area contributed by atoms with E-state index in [0.29, 0.717) is 0 Å². The number of aromatic nitrogens is 4. The molecule has 3 heterocycles. The van der Waals surface area contributed by atoms with E-state index in [-0.39, 0.29) is 24.0 Å². The number of aryl methyl sites for hydroxylation is 3. The van der Waals surface area contributed by atoms with Crippen LogP contribution in [0.3, 0.4) is 0 Å².